The number of likely N-dealkylation sites (tertiary alicyclic amines) is 1. The van der Waals surface area contributed by atoms with Crippen molar-refractivity contribution in [2.45, 2.75) is 235 Å². The molecule has 0 bridgehead atoms. The molecular weight excluding hydrogens is 1180 g/mol. The van der Waals surface area contributed by atoms with Gasteiger partial charge in [-0.3, -0.25) is 52.7 Å². The van der Waals surface area contributed by atoms with Crippen LogP contribution in [-0.4, -0.2) is 258 Å². The fraction of sp³-hybridized carbons (Fsp3) is 0.806. The van der Waals surface area contributed by atoms with E-state index in [1.54, 1.807) is 54.5 Å². The Hall–Kier alpha value is -6.21. The summed E-state index contributed by atoms with van der Waals surface area (Å²) in [5, 5.41) is 23.5. The van der Waals surface area contributed by atoms with E-state index < -0.39 is 162 Å². The Morgan fingerprint density at radius 3 is 1.49 bits per heavy atom. The number of allylic oxidation sites excluding steroid dienone is 2. The van der Waals surface area contributed by atoms with E-state index in [1.165, 1.54) is 87.7 Å². The first-order valence-electron chi connectivity index (χ1n) is 33.3. The second kappa shape index (κ2) is 36.5. The highest BCUT2D eigenvalue weighted by molar-refractivity contribution is 6.00. The van der Waals surface area contributed by atoms with E-state index in [0.29, 0.717) is 19.5 Å². The first-order chi connectivity index (χ1) is 42.5. The van der Waals surface area contributed by atoms with Gasteiger partial charge in [0.2, 0.25) is 64.8 Å². The molecule has 2 aliphatic rings. The largest absolute Gasteiger partial charge is 0.390 e. The summed E-state index contributed by atoms with van der Waals surface area (Å²) in [5.74, 6) is -10.6. The molecule has 0 aliphatic carbocycles. The Morgan fingerprint density at radius 2 is 1.02 bits per heavy atom. The third kappa shape index (κ3) is 21.4. The third-order valence-electron chi connectivity index (χ3n) is 18.0. The predicted octanol–water partition coefficient (Wildman–Crippen LogP) is 3.32. The number of nitrogens with one attached hydrogen (secondary N) is 4. The van der Waals surface area contributed by atoms with Crippen molar-refractivity contribution in [2.24, 2.45) is 41.4 Å². The van der Waals surface area contributed by atoms with Gasteiger partial charge in [-0.05, 0) is 108 Å². The number of aliphatic hydroxyl groups excluding tert-OH is 1. The molecule has 526 valence electrons. The topological polar surface area (TPSA) is 291 Å². The summed E-state index contributed by atoms with van der Waals surface area (Å²) in [6.45, 7) is 30.2. The van der Waals surface area contributed by atoms with Crippen LogP contribution in [0.2, 0.25) is 0 Å². The molecule has 25 heteroatoms. The van der Waals surface area contributed by atoms with Gasteiger partial charge in [-0.15, -0.1) is 0 Å². The molecule has 0 spiro atoms. The predicted molar refractivity (Wildman–Crippen MR) is 354 cm³/mol. The Balaban J connectivity index is 3.13. The van der Waals surface area contributed by atoms with Gasteiger partial charge in [-0.1, -0.05) is 109 Å². The molecule has 2 fully saturated rings. The molecule has 2 heterocycles. The average molecular weight is 1300 g/mol. The van der Waals surface area contributed by atoms with Crippen LogP contribution in [0.4, 0.5) is 0 Å². The lowest BCUT2D eigenvalue weighted by Crippen LogP contribution is -2.70. The van der Waals surface area contributed by atoms with Crippen LogP contribution in [0.5, 0.6) is 0 Å². The zero-order chi connectivity index (χ0) is 70.9. The van der Waals surface area contributed by atoms with Crippen molar-refractivity contribution in [3.05, 3.63) is 12.2 Å². The smallest absolute Gasteiger partial charge is 0.276 e. The second-order valence-corrected chi connectivity index (χ2v) is 28.5. The average Bonchev–Trinajstić information content (AvgIpc) is 0.916. The lowest BCUT2D eigenvalue weighted by atomic mass is 9.89. The van der Waals surface area contributed by atoms with Crippen molar-refractivity contribution in [1.82, 2.24) is 60.5 Å². The van der Waals surface area contributed by atoms with Crippen LogP contribution in [0.3, 0.4) is 0 Å². The Kier molecular flexibility index (Phi) is 32.4. The minimum Gasteiger partial charge on any atom is -0.390 e. The molecule has 2 saturated heterocycles. The normalized spacial score (nSPS) is 28.5. The quantitative estimate of drug-likeness (QED) is 0.131. The summed E-state index contributed by atoms with van der Waals surface area (Å²) in [4.78, 5) is 174. The van der Waals surface area contributed by atoms with Crippen molar-refractivity contribution in [2.75, 3.05) is 76.0 Å². The number of carbonyl (C=O) groups excluding carboxylic acids is 11. The van der Waals surface area contributed by atoms with E-state index in [4.69, 9.17) is 4.74 Å². The molecular formula is C67H120N12O13. The molecule has 25 nitrogen and oxygen atoms in total. The summed E-state index contributed by atoms with van der Waals surface area (Å²) >= 11 is 0. The fourth-order valence-corrected chi connectivity index (χ4v) is 12.1. The maximum absolute atomic E-state index is 16.2. The van der Waals surface area contributed by atoms with Crippen molar-refractivity contribution >= 4 is 65.0 Å². The van der Waals surface area contributed by atoms with Crippen LogP contribution < -0.4 is 21.3 Å². The Labute approximate surface area is 550 Å². The molecule has 2 aliphatic heterocycles. The number of rotatable bonds is 17. The van der Waals surface area contributed by atoms with Gasteiger partial charge >= 0.3 is 0 Å². The van der Waals surface area contributed by atoms with Crippen LogP contribution in [-0.2, 0) is 57.5 Å². The molecule has 2 rings (SSSR count). The monoisotopic (exact) mass is 1300 g/mol. The molecule has 0 aromatic carbocycles. The van der Waals surface area contributed by atoms with Crippen molar-refractivity contribution in [1.29, 1.82) is 0 Å². The maximum atomic E-state index is 16.2. The molecule has 92 heavy (non-hydrogen) atoms. The van der Waals surface area contributed by atoms with E-state index in [0.717, 1.165) is 9.80 Å². The highest BCUT2D eigenvalue weighted by Gasteiger charge is 2.56. The van der Waals surface area contributed by atoms with Crippen molar-refractivity contribution in [3.8, 4) is 0 Å². The second-order valence-electron chi connectivity index (χ2n) is 28.5. The molecule has 0 saturated carbocycles. The number of likely N-dealkylation sites (N-methyl/N-ethyl adjacent to an activating group) is 8. The lowest BCUT2D eigenvalue weighted by molar-refractivity contribution is -0.220. The highest BCUT2D eigenvalue weighted by Crippen LogP contribution is 2.35. The van der Waals surface area contributed by atoms with Gasteiger partial charge in [-0.25, -0.2) is 0 Å². The third-order valence-corrected chi connectivity index (χ3v) is 18.0. The number of hydrogen-bond acceptors (Lipinski definition) is 14. The van der Waals surface area contributed by atoms with Crippen LogP contribution in [0, 0.1) is 41.4 Å². The highest BCUT2D eigenvalue weighted by atomic mass is 16.5. The maximum Gasteiger partial charge on any atom is 0.276 e. The molecule has 13 atom stereocenters. The van der Waals surface area contributed by atoms with Gasteiger partial charge in [0, 0.05) is 68.3 Å². The summed E-state index contributed by atoms with van der Waals surface area (Å²) in [7, 11) is 11.8. The van der Waals surface area contributed by atoms with Crippen LogP contribution >= 0.6 is 0 Å². The molecule has 11 amide bonds. The molecule has 0 aromatic rings. The summed E-state index contributed by atoms with van der Waals surface area (Å²) in [6, 6.07) is -11.5. The van der Waals surface area contributed by atoms with Gasteiger partial charge in [0.25, 0.3) is 5.91 Å². The number of carbonyl (C=O) groups is 11. The van der Waals surface area contributed by atoms with Gasteiger partial charge in [-0.2, -0.15) is 0 Å². The fourth-order valence-electron chi connectivity index (χ4n) is 12.1. The van der Waals surface area contributed by atoms with E-state index in [2.05, 4.69) is 21.3 Å². The van der Waals surface area contributed by atoms with Gasteiger partial charge in [0.05, 0.1) is 18.8 Å². The summed E-state index contributed by atoms with van der Waals surface area (Å²) in [6.07, 6.45) is 2.63. The zero-order valence-corrected chi connectivity index (χ0v) is 60.5. The molecule has 0 aromatic heterocycles. The van der Waals surface area contributed by atoms with Crippen LogP contribution in [0.15, 0.2) is 12.2 Å². The number of nitrogens with zero attached hydrogens (tertiary/aromatic N) is 8. The van der Waals surface area contributed by atoms with Gasteiger partial charge in [0.15, 0.2) is 0 Å². The Morgan fingerprint density at radius 1 is 0.554 bits per heavy atom. The van der Waals surface area contributed by atoms with E-state index in [1.807, 2.05) is 73.4 Å². The zero-order valence-electron chi connectivity index (χ0n) is 60.5. The standard InChI is InChI=1S/C67H120N12O13/c1-26-28-29-44(15)56(81)55-60(85)70-48(27-2)62(87)73(19)37-53(80)74(20)49(32-38(3)4)59(84)71-54(42(11)12)65(90)75(21)50(33-39(5)6)58(83)68-45(16)57(82)69-46(17)61(86)76(22)51(34-40(7)8)63(88)77(23)52(35-41(9)10)64(89)79(25)67(43(13)14,66(91)78(55)24)92-47-30-31-72(18)36-47/h26,28,38-52,54-56,81H,27,29-37H2,1-25H3,(H,68,83)(H,69,82)(H,70,85)(H,71,84)/b28-26+/t44-,45+,46-,47?,48+,49+,50+,51+,52+,54+,55+,56-,67+/m1/s1. The van der Waals surface area contributed by atoms with Crippen LogP contribution in [0.1, 0.15) is 163 Å². The van der Waals surface area contributed by atoms with E-state index >= 15 is 19.2 Å². The van der Waals surface area contributed by atoms with E-state index in [9.17, 15) is 38.7 Å². The number of aliphatic hydroxyl groups is 1. The minimum absolute atomic E-state index is 0.00528. The SMILES string of the molecule is C/C=C/C[C@@H](C)[C@@H](O)[C@H]1C(=O)N[C@@H](CC)C(=O)N(C)CC(=O)N(C)[C@@H](CC(C)C)C(=O)N[C@@H](C(C)C)C(=O)N(C)[C@@H](CC(C)C)C(=O)N[C@@H](C)C(=O)N[C@H](C)C(=O)N(C)[C@@H](CC(C)C)C(=O)N(C)[C@@H](CC(C)C)C(=O)N(C)[C@](OC2CCN(C)C2)(C(C)C)C(=O)N1C. The van der Waals surface area contributed by atoms with Gasteiger partial charge < -0.3 is 70.3 Å². The lowest BCUT2D eigenvalue weighted by Gasteiger charge is -2.49. The number of hydrogen-bond donors (Lipinski definition) is 5. The summed E-state index contributed by atoms with van der Waals surface area (Å²) < 4.78 is 7.04. The van der Waals surface area contributed by atoms with Gasteiger partial charge in [0.1, 0.15) is 54.4 Å². The molecule has 5 N–H and O–H groups in total. The Bertz CT molecular complexity index is 2560. The first-order valence-corrected chi connectivity index (χ1v) is 33.3. The molecule has 1 unspecified atom stereocenters. The van der Waals surface area contributed by atoms with E-state index in [-0.39, 0.29) is 62.2 Å². The van der Waals surface area contributed by atoms with Crippen molar-refractivity contribution < 1.29 is 62.6 Å². The first kappa shape index (κ1) is 81.9. The van der Waals surface area contributed by atoms with Crippen LogP contribution in [0.25, 0.3) is 0 Å². The summed E-state index contributed by atoms with van der Waals surface area (Å²) in [5.41, 5.74) is -2.22. The minimum atomic E-state index is -2.22. The number of ether oxygens (including phenoxy) is 1. The molecule has 0 radical (unpaired) electrons. The number of amides is 11. The van der Waals surface area contributed by atoms with Crippen molar-refractivity contribution in [3.63, 3.8) is 0 Å².